The van der Waals surface area contributed by atoms with Crippen LogP contribution in [0.25, 0.3) is 0 Å². The van der Waals surface area contributed by atoms with Gasteiger partial charge in [-0.05, 0) is 0 Å². The number of amides is 1. The predicted octanol–water partition coefficient (Wildman–Crippen LogP) is -3.83. The van der Waals surface area contributed by atoms with Crippen LogP contribution in [0.2, 0.25) is 0 Å². The molecule has 46 valence electrons. The van der Waals surface area contributed by atoms with Gasteiger partial charge in [-0.1, -0.05) is 0 Å². The van der Waals surface area contributed by atoms with E-state index in [9.17, 15) is 14.9 Å². The number of nitrogens with zero attached hydrogens (tertiary/aromatic N) is 1. The second-order valence-corrected chi connectivity index (χ2v) is 1.03. The van der Waals surface area contributed by atoms with E-state index in [4.69, 9.17) is 0 Å². The molecule has 0 aliphatic heterocycles. The van der Waals surface area contributed by atoms with Gasteiger partial charge in [-0.15, -0.1) is 4.92 Å². The van der Waals surface area contributed by atoms with E-state index >= 15 is 0 Å². The fourth-order valence-electron chi connectivity index (χ4n) is 0.160. The summed E-state index contributed by atoms with van der Waals surface area (Å²) in [6, 6.07) is 0. The Balaban J connectivity index is 0. The summed E-state index contributed by atoms with van der Waals surface area (Å²) in [6.45, 7) is 0.361. The topological polar surface area (TPSA) is 72.2 Å². The van der Waals surface area contributed by atoms with Gasteiger partial charge in [-0.25, -0.2) is 0 Å². The molecular formula is C3H5KN2O3. The van der Waals surface area contributed by atoms with Gasteiger partial charge in [-0.2, -0.15) is 0 Å². The van der Waals surface area contributed by atoms with E-state index in [0.29, 0.717) is 6.54 Å². The van der Waals surface area contributed by atoms with Crippen molar-refractivity contribution in [2.24, 2.45) is 0 Å². The average Bonchev–Trinajstić information content (AvgIpc) is 1.65. The molecule has 0 aromatic carbocycles. The summed E-state index contributed by atoms with van der Waals surface area (Å²) in [5.41, 5.74) is 0. The van der Waals surface area contributed by atoms with Gasteiger partial charge in [0.15, 0.2) is 5.91 Å². The molecule has 0 aromatic rings. The minimum absolute atomic E-state index is 0. The molecule has 5 nitrogen and oxygen atoms in total. The number of hydrogen-bond donors (Lipinski definition) is 1. The molecule has 0 spiro atoms. The normalized spacial score (nSPS) is 6.78. The number of likely N-dealkylation sites (N-methyl/N-ethyl adjacent to an activating group) is 1. The molecule has 0 fully saturated rings. The Hall–Kier alpha value is 0.376. The maximum absolute atomic E-state index is 10.0. The van der Waals surface area contributed by atoms with Crippen LogP contribution in [0.5, 0.6) is 0 Å². The third-order valence-corrected chi connectivity index (χ3v) is 0.469. The Morgan fingerprint density at radius 3 is 2.33 bits per heavy atom. The summed E-state index contributed by atoms with van der Waals surface area (Å²) in [7, 11) is 1.32. The number of rotatable bonds is 2. The Morgan fingerprint density at radius 1 is 1.78 bits per heavy atom. The Labute approximate surface area is 94.8 Å². The molecule has 0 rings (SSSR count). The molecule has 0 saturated heterocycles. The SMILES string of the molecule is CNC(=O)[CH-][N+](=O)[O-].[K+]. The first-order valence-corrected chi connectivity index (χ1v) is 1.87. The second-order valence-electron chi connectivity index (χ2n) is 1.03. The summed E-state index contributed by atoms with van der Waals surface area (Å²) in [4.78, 5) is 18.7. The van der Waals surface area contributed by atoms with Crippen molar-refractivity contribution in [2.75, 3.05) is 7.05 Å². The van der Waals surface area contributed by atoms with Crippen LogP contribution < -0.4 is 56.7 Å². The maximum Gasteiger partial charge on any atom is 1.00 e. The van der Waals surface area contributed by atoms with Crippen molar-refractivity contribution < 1.29 is 61.1 Å². The Kier molecular flexibility index (Phi) is 8.73. The molecular weight excluding hydrogens is 151 g/mol. The molecule has 6 heteroatoms. The van der Waals surface area contributed by atoms with Gasteiger partial charge in [0.2, 0.25) is 0 Å². The molecule has 0 heterocycles. The number of nitrogens with one attached hydrogen (secondary N) is 1. The molecule has 0 atom stereocenters. The van der Waals surface area contributed by atoms with Gasteiger partial charge in [0, 0.05) is 13.6 Å². The Morgan fingerprint density at radius 2 is 2.22 bits per heavy atom. The van der Waals surface area contributed by atoms with Crippen LogP contribution in [0.4, 0.5) is 0 Å². The van der Waals surface area contributed by atoms with Crippen LogP contribution >= 0.6 is 0 Å². The van der Waals surface area contributed by atoms with Crippen LogP contribution in [-0.4, -0.2) is 17.9 Å². The zero-order valence-corrected chi connectivity index (χ0v) is 8.37. The van der Waals surface area contributed by atoms with Crippen molar-refractivity contribution in [1.29, 1.82) is 0 Å². The van der Waals surface area contributed by atoms with Gasteiger partial charge in [-0.3, -0.25) is 10.1 Å². The summed E-state index contributed by atoms with van der Waals surface area (Å²) in [6.07, 6.45) is 0. The predicted molar refractivity (Wildman–Crippen MR) is 25.4 cm³/mol. The van der Waals surface area contributed by atoms with Crippen LogP contribution in [-0.2, 0) is 4.79 Å². The first-order valence-electron chi connectivity index (χ1n) is 1.87. The zero-order valence-electron chi connectivity index (χ0n) is 5.25. The molecule has 0 radical (unpaired) electrons. The standard InChI is InChI=1S/C3H5N2O3.K/c1-4-3(6)2-5(7)8;/h2H,1H3,(H,4,6);/q-1;+1. The van der Waals surface area contributed by atoms with Crippen molar-refractivity contribution in [3.05, 3.63) is 16.7 Å². The van der Waals surface area contributed by atoms with Crippen molar-refractivity contribution in [3.8, 4) is 0 Å². The quantitative estimate of drug-likeness (QED) is 0.193. The van der Waals surface area contributed by atoms with E-state index in [1.807, 2.05) is 0 Å². The van der Waals surface area contributed by atoms with E-state index in [1.54, 1.807) is 0 Å². The monoisotopic (exact) mass is 156 g/mol. The van der Waals surface area contributed by atoms with Crippen LogP contribution in [0.15, 0.2) is 0 Å². The number of carbonyl (C=O) groups is 1. The minimum Gasteiger partial charge on any atom is -0.379 e. The van der Waals surface area contributed by atoms with Crippen LogP contribution in [0, 0.1) is 16.7 Å². The first kappa shape index (κ1) is 12.1. The molecule has 1 N–H and O–H groups in total. The van der Waals surface area contributed by atoms with Crippen molar-refractivity contribution in [1.82, 2.24) is 5.32 Å². The van der Waals surface area contributed by atoms with Crippen LogP contribution in [0.1, 0.15) is 0 Å². The van der Waals surface area contributed by atoms with Gasteiger partial charge in [0.1, 0.15) is 0 Å². The Bertz CT molecular complexity index is 116. The summed E-state index contributed by atoms with van der Waals surface area (Å²) < 4.78 is 0. The molecule has 0 saturated carbocycles. The zero-order chi connectivity index (χ0) is 6.57. The maximum atomic E-state index is 10.0. The van der Waals surface area contributed by atoms with Crippen LogP contribution in [0.3, 0.4) is 0 Å². The molecule has 9 heavy (non-hydrogen) atoms. The van der Waals surface area contributed by atoms with E-state index < -0.39 is 10.8 Å². The molecule has 0 aliphatic carbocycles. The number of carbonyl (C=O) groups excluding carboxylic acids is 1. The second kappa shape index (κ2) is 6.50. The summed E-state index contributed by atoms with van der Waals surface area (Å²) >= 11 is 0. The molecule has 0 aliphatic rings. The van der Waals surface area contributed by atoms with E-state index in [1.165, 1.54) is 7.05 Å². The summed E-state index contributed by atoms with van der Waals surface area (Å²) in [5.74, 6) is -0.699. The first-order chi connectivity index (χ1) is 3.66. The third-order valence-electron chi connectivity index (χ3n) is 0.469. The molecule has 0 unspecified atom stereocenters. The smallest absolute Gasteiger partial charge is 0.379 e. The largest absolute Gasteiger partial charge is 1.00 e. The molecule has 1 amide bonds. The molecule has 0 aromatic heterocycles. The number of hydrogen-bond acceptors (Lipinski definition) is 3. The fraction of sp³-hybridized carbons (Fsp3) is 0.333. The van der Waals surface area contributed by atoms with Gasteiger partial charge in [0.05, 0.1) is 0 Å². The fourth-order valence-corrected chi connectivity index (χ4v) is 0.160. The third kappa shape index (κ3) is 8.38. The van der Waals surface area contributed by atoms with Crippen molar-refractivity contribution >= 4 is 5.91 Å². The van der Waals surface area contributed by atoms with Crippen molar-refractivity contribution in [3.63, 3.8) is 0 Å². The van der Waals surface area contributed by atoms with Crippen molar-refractivity contribution in [2.45, 2.75) is 0 Å². The van der Waals surface area contributed by atoms with E-state index in [0.717, 1.165) is 0 Å². The van der Waals surface area contributed by atoms with Gasteiger partial charge in [0.25, 0.3) is 0 Å². The van der Waals surface area contributed by atoms with Gasteiger partial charge < -0.3 is 10.1 Å². The minimum atomic E-state index is -0.807. The summed E-state index contributed by atoms with van der Waals surface area (Å²) in [5, 5.41) is 11.5. The number of nitro groups is 1. The molecule has 0 bridgehead atoms. The van der Waals surface area contributed by atoms with E-state index in [-0.39, 0.29) is 51.4 Å². The average molecular weight is 156 g/mol. The van der Waals surface area contributed by atoms with E-state index in [2.05, 4.69) is 5.32 Å². The van der Waals surface area contributed by atoms with Gasteiger partial charge >= 0.3 is 51.4 Å².